The summed E-state index contributed by atoms with van der Waals surface area (Å²) in [4.78, 5) is 3.77. The summed E-state index contributed by atoms with van der Waals surface area (Å²) in [5.74, 6) is 0.160. The predicted molar refractivity (Wildman–Crippen MR) is 46.5 cm³/mol. The summed E-state index contributed by atoms with van der Waals surface area (Å²) in [7, 11) is 0. The molecule has 0 saturated heterocycles. The number of hydrogen-bond donors (Lipinski definition) is 3. The molecule has 0 atom stereocenters. The number of guanidine groups is 1. The Morgan fingerprint density at radius 3 is 2.50 bits per heavy atom. The molecule has 0 heterocycles. The monoisotopic (exact) mass is 166 g/mol. The molecular formula is C5H15ClN4. The van der Waals surface area contributed by atoms with Crippen LogP contribution in [0.2, 0.25) is 0 Å². The van der Waals surface area contributed by atoms with Gasteiger partial charge < -0.3 is 16.8 Å². The number of aliphatic imine (C=N–C) groups is 1. The Balaban J connectivity index is 0. The Labute approximate surface area is 67.5 Å². The lowest BCUT2D eigenvalue weighted by atomic mass is 10.6. The zero-order valence-electron chi connectivity index (χ0n) is 6.13. The van der Waals surface area contributed by atoms with Gasteiger partial charge in [0.1, 0.15) is 0 Å². The van der Waals surface area contributed by atoms with Gasteiger partial charge in [-0.1, -0.05) is 6.92 Å². The standard InChI is InChI=1S/C5H14N4.ClH/c1-2-8-3-4-9-5(6)7;/h8H,2-4H2,1H3,(H4,6,7,9);1H. The summed E-state index contributed by atoms with van der Waals surface area (Å²) < 4.78 is 0. The van der Waals surface area contributed by atoms with Crippen LogP contribution >= 0.6 is 12.4 Å². The van der Waals surface area contributed by atoms with E-state index in [1.54, 1.807) is 0 Å². The van der Waals surface area contributed by atoms with Crippen LogP contribution in [0.25, 0.3) is 0 Å². The Kier molecular flexibility index (Phi) is 10.4. The van der Waals surface area contributed by atoms with Crippen LogP contribution in [0, 0.1) is 0 Å². The van der Waals surface area contributed by atoms with E-state index >= 15 is 0 Å². The second-order valence-electron chi connectivity index (χ2n) is 1.66. The van der Waals surface area contributed by atoms with Crippen LogP contribution < -0.4 is 16.8 Å². The molecule has 4 nitrogen and oxygen atoms in total. The van der Waals surface area contributed by atoms with Crippen molar-refractivity contribution in [3.8, 4) is 0 Å². The Bertz CT molecular complexity index is 89.6. The molecule has 0 aromatic heterocycles. The van der Waals surface area contributed by atoms with Crippen molar-refractivity contribution in [2.24, 2.45) is 16.5 Å². The lowest BCUT2D eigenvalue weighted by molar-refractivity contribution is 0.725. The van der Waals surface area contributed by atoms with Crippen LogP contribution in [0.5, 0.6) is 0 Å². The highest BCUT2D eigenvalue weighted by atomic mass is 35.5. The predicted octanol–water partition coefficient (Wildman–Crippen LogP) is -0.709. The van der Waals surface area contributed by atoms with Crippen LogP contribution in [0.3, 0.4) is 0 Å². The second kappa shape index (κ2) is 8.52. The minimum atomic E-state index is 0. The van der Waals surface area contributed by atoms with Gasteiger partial charge in [-0.2, -0.15) is 0 Å². The van der Waals surface area contributed by atoms with Crippen molar-refractivity contribution in [1.82, 2.24) is 5.32 Å². The number of nitrogens with one attached hydrogen (secondary N) is 1. The van der Waals surface area contributed by atoms with E-state index in [0.717, 1.165) is 13.1 Å². The van der Waals surface area contributed by atoms with E-state index in [9.17, 15) is 0 Å². The summed E-state index contributed by atoms with van der Waals surface area (Å²) >= 11 is 0. The first-order valence-corrected chi connectivity index (χ1v) is 3.03. The molecule has 0 aromatic rings. The third-order valence-electron chi connectivity index (χ3n) is 0.833. The maximum absolute atomic E-state index is 5.07. The maximum atomic E-state index is 5.07. The highest BCUT2D eigenvalue weighted by molar-refractivity contribution is 5.85. The van der Waals surface area contributed by atoms with Gasteiger partial charge in [0.15, 0.2) is 5.96 Å². The number of halogens is 1. The van der Waals surface area contributed by atoms with E-state index in [0.29, 0.717) is 6.54 Å². The normalized spacial score (nSPS) is 8.10. The fourth-order valence-corrected chi connectivity index (χ4v) is 0.441. The third-order valence-corrected chi connectivity index (χ3v) is 0.833. The quantitative estimate of drug-likeness (QED) is 0.294. The van der Waals surface area contributed by atoms with Crippen molar-refractivity contribution in [1.29, 1.82) is 0 Å². The summed E-state index contributed by atoms with van der Waals surface area (Å²) in [6, 6.07) is 0. The van der Waals surface area contributed by atoms with Crippen molar-refractivity contribution in [2.75, 3.05) is 19.6 Å². The van der Waals surface area contributed by atoms with Gasteiger partial charge in [0.25, 0.3) is 0 Å². The van der Waals surface area contributed by atoms with Gasteiger partial charge in [0.05, 0.1) is 6.54 Å². The van der Waals surface area contributed by atoms with E-state index in [4.69, 9.17) is 11.5 Å². The third kappa shape index (κ3) is 10.5. The van der Waals surface area contributed by atoms with E-state index in [1.165, 1.54) is 0 Å². The van der Waals surface area contributed by atoms with E-state index in [-0.39, 0.29) is 18.4 Å². The lowest BCUT2D eigenvalue weighted by Gasteiger charge is -1.95. The average Bonchev–Trinajstić information content (AvgIpc) is 1.80. The van der Waals surface area contributed by atoms with Gasteiger partial charge in [0.2, 0.25) is 0 Å². The number of rotatable bonds is 4. The number of nitrogens with two attached hydrogens (primary N) is 2. The smallest absolute Gasteiger partial charge is 0.185 e. The summed E-state index contributed by atoms with van der Waals surface area (Å²) in [6.07, 6.45) is 0. The van der Waals surface area contributed by atoms with Crippen LogP contribution in [0.1, 0.15) is 6.92 Å². The molecule has 0 radical (unpaired) electrons. The molecule has 0 aliphatic rings. The molecule has 5 N–H and O–H groups in total. The van der Waals surface area contributed by atoms with Gasteiger partial charge in [-0.25, -0.2) is 0 Å². The second-order valence-corrected chi connectivity index (χ2v) is 1.66. The molecule has 0 aliphatic heterocycles. The zero-order valence-corrected chi connectivity index (χ0v) is 6.95. The molecule has 62 valence electrons. The molecule has 0 saturated carbocycles. The van der Waals surface area contributed by atoms with Gasteiger partial charge in [0, 0.05) is 6.54 Å². The molecule has 0 rings (SSSR count). The first-order chi connectivity index (χ1) is 4.27. The Hall–Kier alpha value is -0.480. The van der Waals surface area contributed by atoms with Crippen LogP contribution in [-0.2, 0) is 0 Å². The number of hydrogen-bond acceptors (Lipinski definition) is 2. The minimum Gasteiger partial charge on any atom is -0.370 e. The van der Waals surface area contributed by atoms with Crippen LogP contribution in [0.4, 0.5) is 0 Å². The molecule has 0 amide bonds. The van der Waals surface area contributed by atoms with Crippen molar-refractivity contribution in [3.05, 3.63) is 0 Å². The molecule has 0 unspecified atom stereocenters. The summed E-state index contributed by atoms with van der Waals surface area (Å²) in [5.41, 5.74) is 10.1. The van der Waals surface area contributed by atoms with E-state index in [1.807, 2.05) is 6.92 Å². The van der Waals surface area contributed by atoms with Gasteiger partial charge in [-0.3, -0.25) is 4.99 Å². The van der Waals surface area contributed by atoms with Gasteiger partial charge in [-0.05, 0) is 6.54 Å². The molecule has 5 heteroatoms. The largest absolute Gasteiger partial charge is 0.370 e. The molecule has 0 aromatic carbocycles. The minimum absolute atomic E-state index is 0. The van der Waals surface area contributed by atoms with Gasteiger partial charge in [-0.15, -0.1) is 12.4 Å². The molecule has 0 spiro atoms. The Morgan fingerprint density at radius 2 is 2.10 bits per heavy atom. The fourth-order valence-electron chi connectivity index (χ4n) is 0.441. The van der Waals surface area contributed by atoms with Crippen molar-refractivity contribution >= 4 is 18.4 Å². The molecule has 0 aliphatic carbocycles. The Morgan fingerprint density at radius 1 is 1.50 bits per heavy atom. The summed E-state index contributed by atoms with van der Waals surface area (Å²) in [6.45, 7) is 4.50. The first kappa shape index (κ1) is 12.2. The highest BCUT2D eigenvalue weighted by Crippen LogP contribution is 1.64. The first-order valence-electron chi connectivity index (χ1n) is 3.03. The SMILES string of the molecule is CCNCCN=C(N)N.Cl. The number of likely N-dealkylation sites (N-methyl/N-ethyl adjacent to an activating group) is 1. The fraction of sp³-hybridized carbons (Fsp3) is 0.800. The zero-order chi connectivity index (χ0) is 7.11. The van der Waals surface area contributed by atoms with Crippen LogP contribution in [0.15, 0.2) is 4.99 Å². The molecule has 0 bridgehead atoms. The van der Waals surface area contributed by atoms with Crippen molar-refractivity contribution in [2.45, 2.75) is 6.92 Å². The van der Waals surface area contributed by atoms with E-state index < -0.39 is 0 Å². The molecular weight excluding hydrogens is 152 g/mol. The lowest BCUT2D eigenvalue weighted by Crippen LogP contribution is -2.25. The van der Waals surface area contributed by atoms with E-state index in [2.05, 4.69) is 10.3 Å². The highest BCUT2D eigenvalue weighted by Gasteiger charge is 1.80. The van der Waals surface area contributed by atoms with Crippen molar-refractivity contribution < 1.29 is 0 Å². The van der Waals surface area contributed by atoms with Gasteiger partial charge >= 0.3 is 0 Å². The summed E-state index contributed by atoms with van der Waals surface area (Å²) in [5, 5.41) is 3.09. The molecule has 0 fully saturated rings. The number of nitrogens with zero attached hydrogens (tertiary/aromatic N) is 1. The topological polar surface area (TPSA) is 76.4 Å². The van der Waals surface area contributed by atoms with Crippen LogP contribution in [-0.4, -0.2) is 25.6 Å². The molecule has 10 heavy (non-hydrogen) atoms. The average molecular weight is 167 g/mol. The maximum Gasteiger partial charge on any atom is 0.185 e. The van der Waals surface area contributed by atoms with Crippen molar-refractivity contribution in [3.63, 3.8) is 0 Å².